The number of hydrogen-bond acceptors (Lipinski definition) is 4. The summed E-state index contributed by atoms with van der Waals surface area (Å²) in [6.45, 7) is 0. The van der Waals surface area contributed by atoms with Crippen LogP contribution in [0.2, 0.25) is 10.2 Å². The normalized spacial score (nSPS) is 16.8. The lowest BCUT2D eigenvalue weighted by molar-refractivity contribution is 0.619. The summed E-state index contributed by atoms with van der Waals surface area (Å²) in [5, 5.41) is 6.55. The molecule has 2 N–H and O–H groups in total. The average Bonchev–Trinajstić information content (AvgIpc) is 3.27. The lowest BCUT2D eigenvalue weighted by Crippen LogP contribution is -2.11. The number of rotatable bonds is 2. The molecular weight excluding hydrogens is 369 g/mol. The Labute approximate surface area is 159 Å². The number of fused-ring (bicyclic) bond motifs is 2. The van der Waals surface area contributed by atoms with Crippen molar-refractivity contribution in [3.63, 3.8) is 0 Å². The topological polar surface area (TPSA) is 66.0 Å². The average molecular weight is 382 g/mol. The molecule has 7 heteroatoms. The third kappa shape index (κ3) is 2.60. The summed E-state index contributed by atoms with van der Waals surface area (Å²) in [5.41, 5.74) is 7.65. The Hall–Kier alpha value is -2.63. The predicted molar refractivity (Wildman–Crippen MR) is 105 cm³/mol. The molecule has 1 aliphatic heterocycles. The van der Waals surface area contributed by atoms with E-state index in [9.17, 15) is 0 Å². The third-order valence-electron chi connectivity index (χ3n) is 4.55. The fourth-order valence-corrected chi connectivity index (χ4v) is 3.68. The smallest absolute Gasteiger partial charge is 0.154 e. The summed E-state index contributed by atoms with van der Waals surface area (Å²) in [6, 6.07) is 15.5. The van der Waals surface area contributed by atoms with Crippen LogP contribution in [0.5, 0.6) is 0 Å². The molecule has 1 unspecified atom stereocenters. The SMILES string of the molecule is Clc1ccc2cc(C3CC(c4nc5ccccc5[nH]4)=NN3)c(Cl)nc2c1. The second-order valence-corrected chi connectivity index (χ2v) is 7.05. The number of imidazole rings is 1. The molecule has 2 aromatic carbocycles. The third-order valence-corrected chi connectivity index (χ3v) is 5.09. The number of aromatic amines is 1. The van der Waals surface area contributed by atoms with Gasteiger partial charge in [0.15, 0.2) is 5.82 Å². The quantitative estimate of drug-likeness (QED) is 0.487. The highest BCUT2D eigenvalue weighted by molar-refractivity contribution is 6.32. The second-order valence-electron chi connectivity index (χ2n) is 6.25. The lowest BCUT2D eigenvalue weighted by atomic mass is 10.0. The molecule has 128 valence electrons. The van der Waals surface area contributed by atoms with Gasteiger partial charge in [0.1, 0.15) is 10.9 Å². The minimum Gasteiger partial charge on any atom is -0.337 e. The number of pyridine rings is 1. The Morgan fingerprint density at radius 2 is 1.85 bits per heavy atom. The van der Waals surface area contributed by atoms with Crippen molar-refractivity contribution in [1.82, 2.24) is 20.4 Å². The van der Waals surface area contributed by atoms with E-state index in [1.165, 1.54) is 0 Å². The molecule has 5 rings (SSSR count). The van der Waals surface area contributed by atoms with Gasteiger partial charge in [-0.05, 0) is 30.3 Å². The second kappa shape index (κ2) is 5.97. The molecule has 4 aromatic rings. The van der Waals surface area contributed by atoms with E-state index in [1.807, 2.05) is 48.5 Å². The van der Waals surface area contributed by atoms with Crippen LogP contribution in [-0.2, 0) is 0 Å². The molecule has 0 saturated carbocycles. The van der Waals surface area contributed by atoms with Crippen molar-refractivity contribution in [2.45, 2.75) is 12.5 Å². The lowest BCUT2D eigenvalue weighted by Gasteiger charge is -2.12. The Bertz CT molecular complexity index is 1150. The number of H-pyrrole nitrogens is 1. The fourth-order valence-electron chi connectivity index (χ4n) is 3.24. The number of nitrogens with zero attached hydrogens (tertiary/aromatic N) is 3. The number of hydrazone groups is 1. The maximum atomic E-state index is 6.43. The monoisotopic (exact) mass is 381 g/mol. The molecule has 1 atom stereocenters. The van der Waals surface area contributed by atoms with Crippen LogP contribution < -0.4 is 5.43 Å². The van der Waals surface area contributed by atoms with E-state index in [2.05, 4.69) is 25.5 Å². The highest BCUT2D eigenvalue weighted by atomic mass is 35.5. The number of hydrogen-bond donors (Lipinski definition) is 2. The number of benzene rings is 2. The maximum Gasteiger partial charge on any atom is 0.154 e. The maximum absolute atomic E-state index is 6.43. The summed E-state index contributed by atoms with van der Waals surface area (Å²) < 4.78 is 0. The van der Waals surface area contributed by atoms with Gasteiger partial charge in [-0.3, -0.25) is 0 Å². The van der Waals surface area contributed by atoms with E-state index in [0.29, 0.717) is 16.6 Å². The minimum atomic E-state index is -0.0432. The Balaban J connectivity index is 1.47. The molecule has 2 aromatic heterocycles. The highest BCUT2D eigenvalue weighted by Gasteiger charge is 2.26. The van der Waals surface area contributed by atoms with E-state index in [4.69, 9.17) is 23.2 Å². The Kier molecular flexibility index (Phi) is 3.58. The van der Waals surface area contributed by atoms with Crippen LogP contribution >= 0.6 is 23.2 Å². The van der Waals surface area contributed by atoms with Crippen molar-refractivity contribution < 1.29 is 0 Å². The largest absolute Gasteiger partial charge is 0.337 e. The van der Waals surface area contributed by atoms with Gasteiger partial charge in [0.25, 0.3) is 0 Å². The van der Waals surface area contributed by atoms with Crippen molar-refractivity contribution in [1.29, 1.82) is 0 Å². The van der Waals surface area contributed by atoms with Crippen LogP contribution in [0.25, 0.3) is 21.9 Å². The van der Waals surface area contributed by atoms with E-state index >= 15 is 0 Å². The van der Waals surface area contributed by atoms with Gasteiger partial charge in [-0.1, -0.05) is 41.4 Å². The molecule has 0 amide bonds. The molecule has 0 spiro atoms. The molecular formula is C19H13Cl2N5. The van der Waals surface area contributed by atoms with Crippen LogP contribution in [0.1, 0.15) is 23.9 Å². The molecule has 0 fully saturated rings. The Morgan fingerprint density at radius 1 is 0.962 bits per heavy atom. The summed E-state index contributed by atoms with van der Waals surface area (Å²) in [7, 11) is 0. The van der Waals surface area contributed by atoms with Gasteiger partial charge in [0.05, 0.1) is 22.6 Å². The van der Waals surface area contributed by atoms with Crippen molar-refractivity contribution in [3.8, 4) is 0 Å². The van der Waals surface area contributed by atoms with Gasteiger partial charge in [-0.15, -0.1) is 0 Å². The first-order valence-corrected chi connectivity index (χ1v) is 8.96. The van der Waals surface area contributed by atoms with Gasteiger partial charge < -0.3 is 10.4 Å². The van der Waals surface area contributed by atoms with Crippen LogP contribution in [0.15, 0.2) is 53.6 Å². The summed E-state index contributed by atoms with van der Waals surface area (Å²) in [5.74, 6) is 0.776. The van der Waals surface area contributed by atoms with Crippen molar-refractivity contribution in [2.75, 3.05) is 0 Å². The zero-order valence-electron chi connectivity index (χ0n) is 13.5. The highest BCUT2D eigenvalue weighted by Crippen LogP contribution is 2.32. The first-order chi connectivity index (χ1) is 12.7. The Morgan fingerprint density at radius 3 is 2.73 bits per heavy atom. The van der Waals surface area contributed by atoms with Gasteiger partial charge in [-0.2, -0.15) is 5.10 Å². The number of aromatic nitrogens is 3. The van der Waals surface area contributed by atoms with Gasteiger partial charge in [0.2, 0.25) is 0 Å². The van der Waals surface area contributed by atoms with Gasteiger partial charge in [-0.25, -0.2) is 9.97 Å². The number of nitrogens with one attached hydrogen (secondary N) is 2. The minimum absolute atomic E-state index is 0.0432. The van der Waals surface area contributed by atoms with Gasteiger partial charge >= 0.3 is 0 Å². The van der Waals surface area contributed by atoms with E-state index < -0.39 is 0 Å². The van der Waals surface area contributed by atoms with Crippen molar-refractivity contribution in [3.05, 3.63) is 70.1 Å². The zero-order valence-corrected chi connectivity index (χ0v) is 15.0. The fraction of sp³-hybridized carbons (Fsp3) is 0.105. The van der Waals surface area contributed by atoms with Crippen LogP contribution in [-0.4, -0.2) is 20.7 Å². The first kappa shape index (κ1) is 15.6. The molecule has 26 heavy (non-hydrogen) atoms. The summed E-state index contributed by atoms with van der Waals surface area (Å²) >= 11 is 12.5. The van der Waals surface area contributed by atoms with Crippen LogP contribution in [0, 0.1) is 0 Å². The molecule has 1 aliphatic rings. The summed E-state index contributed by atoms with van der Waals surface area (Å²) in [6.07, 6.45) is 0.681. The zero-order chi connectivity index (χ0) is 17.7. The van der Waals surface area contributed by atoms with Crippen LogP contribution in [0.3, 0.4) is 0 Å². The molecule has 0 saturated heterocycles. The summed E-state index contributed by atoms with van der Waals surface area (Å²) in [4.78, 5) is 12.4. The van der Waals surface area contributed by atoms with E-state index in [-0.39, 0.29) is 6.04 Å². The van der Waals surface area contributed by atoms with E-state index in [1.54, 1.807) is 0 Å². The van der Waals surface area contributed by atoms with E-state index in [0.717, 1.165) is 39.0 Å². The molecule has 5 nitrogen and oxygen atoms in total. The molecule has 3 heterocycles. The number of halogens is 2. The molecule has 0 bridgehead atoms. The van der Waals surface area contributed by atoms with Crippen molar-refractivity contribution >= 4 is 50.8 Å². The van der Waals surface area contributed by atoms with Gasteiger partial charge in [0, 0.05) is 22.4 Å². The molecule has 0 radical (unpaired) electrons. The first-order valence-electron chi connectivity index (χ1n) is 8.20. The van der Waals surface area contributed by atoms with Crippen LogP contribution in [0.4, 0.5) is 0 Å². The standard InChI is InChI=1S/C19H13Cl2N5/c20-11-6-5-10-7-12(18(21)22-15(10)8-11)16-9-17(26-25-16)19-23-13-3-1-2-4-14(13)24-19/h1-8,16,25H,9H2,(H,23,24). The predicted octanol–water partition coefficient (Wildman–Crippen LogP) is 4.86. The molecule has 0 aliphatic carbocycles. The number of para-hydroxylation sites is 2. The van der Waals surface area contributed by atoms with Crippen molar-refractivity contribution in [2.24, 2.45) is 5.10 Å².